The van der Waals surface area contributed by atoms with Crippen LogP contribution in [0, 0.1) is 17.8 Å². The highest BCUT2D eigenvalue weighted by atomic mass is 16.5. The maximum Gasteiger partial charge on any atom is 0.234 e. The lowest BCUT2D eigenvalue weighted by Gasteiger charge is -2.33. The third-order valence-corrected chi connectivity index (χ3v) is 7.22. The minimum absolute atomic E-state index is 0.0112. The topological polar surface area (TPSA) is 58.6 Å². The summed E-state index contributed by atoms with van der Waals surface area (Å²) in [6, 6.07) is 10.00. The number of rotatable bonds is 6. The molecule has 1 aromatic rings. The molecule has 2 saturated carbocycles. The molecule has 4 unspecified atom stereocenters. The standard InChI is InChI=1S/C24H34N2O3/c1-17(27)22-15-18-7-5-6-10-21(18)24(22)25-23(28)16-26-13-11-20(12-14-26)29-19-8-3-2-4-9-19/h2-4,8-9,18,20-22,24H,5-7,10-16H2,1H3,(H,25,28). The van der Waals surface area contributed by atoms with Crippen LogP contribution in [-0.2, 0) is 9.59 Å². The number of benzene rings is 1. The smallest absolute Gasteiger partial charge is 0.234 e. The lowest BCUT2D eigenvalue weighted by Crippen LogP contribution is -2.49. The first-order valence-electron chi connectivity index (χ1n) is 11.3. The van der Waals surface area contributed by atoms with Gasteiger partial charge in [0.15, 0.2) is 0 Å². The fourth-order valence-electron chi connectivity index (χ4n) is 5.71. The Hall–Kier alpha value is -1.88. The van der Waals surface area contributed by atoms with Crippen LogP contribution in [0.15, 0.2) is 30.3 Å². The first-order valence-corrected chi connectivity index (χ1v) is 11.3. The molecule has 4 atom stereocenters. The second kappa shape index (κ2) is 9.29. The lowest BCUT2D eigenvalue weighted by atomic mass is 9.80. The summed E-state index contributed by atoms with van der Waals surface area (Å²) in [5.74, 6) is 2.36. The van der Waals surface area contributed by atoms with Crippen molar-refractivity contribution in [2.45, 2.75) is 64.0 Å². The van der Waals surface area contributed by atoms with Crippen molar-refractivity contribution in [3.8, 4) is 5.75 Å². The van der Waals surface area contributed by atoms with E-state index in [0.717, 1.165) is 44.5 Å². The van der Waals surface area contributed by atoms with Crippen LogP contribution in [0.1, 0.15) is 51.9 Å². The molecule has 2 aliphatic carbocycles. The molecule has 3 aliphatic rings. The van der Waals surface area contributed by atoms with Gasteiger partial charge >= 0.3 is 0 Å². The highest BCUT2D eigenvalue weighted by Gasteiger charge is 2.46. The van der Waals surface area contributed by atoms with E-state index in [1.54, 1.807) is 6.92 Å². The number of Topliss-reactive ketones (excluding diaryl/α,β-unsaturated/α-hetero) is 1. The van der Waals surface area contributed by atoms with E-state index in [1.807, 2.05) is 30.3 Å². The summed E-state index contributed by atoms with van der Waals surface area (Å²) in [7, 11) is 0. The van der Waals surface area contributed by atoms with Crippen molar-refractivity contribution in [3.05, 3.63) is 30.3 Å². The van der Waals surface area contributed by atoms with Crippen molar-refractivity contribution in [2.24, 2.45) is 17.8 Å². The molecule has 3 fully saturated rings. The van der Waals surface area contributed by atoms with E-state index in [2.05, 4.69) is 10.2 Å². The average Bonchev–Trinajstić information content (AvgIpc) is 3.09. The van der Waals surface area contributed by atoms with Crippen molar-refractivity contribution in [1.29, 1.82) is 0 Å². The summed E-state index contributed by atoms with van der Waals surface area (Å²) in [6.07, 6.45) is 7.93. The molecule has 0 aromatic heterocycles. The van der Waals surface area contributed by atoms with Crippen molar-refractivity contribution in [2.75, 3.05) is 19.6 Å². The number of piperidine rings is 1. The summed E-state index contributed by atoms with van der Waals surface area (Å²) < 4.78 is 6.05. The van der Waals surface area contributed by atoms with Gasteiger partial charge in [-0.25, -0.2) is 0 Å². The number of ketones is 1. The minimum atomic E-state index is 0.0112. The van der Waals surface area contributed by atoms with Crippen LogP contribution in [0.4, 0.5) is 0 Å². The second-order valence-electron chi connectivity index (χ2n) is 9.16. The molecule has 5 heteroatoms. The van der Waals surface area contributed by atoms with Gasteiger partial charge in [-0.1, -0.05) is 37.5 Å². The Morgan fingerprint density at radius 2 is 1.79 bits per heavy atom. The molecule has 4 rings (SSSR count). The first-order chi connectivity index (χ1) is 14.1. The number of amides is 1. The number of carbonyl (C=O) groups excluding carboxylic acids is 2. The van der Waals surface area contributed by atoms with Crippen LogP contribution in [-0.4, -0.2) is 48.4 Å². The Balaban J connectivity index is 1.26. The predicted molar refractivity (Wildman–Crippen MR) is 113 cm³/mol. The molecule has 158 valence electrons. The predicted octanol–water partition coefficient (Wildman–Crippen LogP) is 3.43. The largest absolute Gasteiger partial charge is 0.490 e. The molecule has 0 bridgehead atoms. The van der Waals surface area contributed by atoms with Crippen LogP contribution in [0.5, 0.6) is 5.75 Å². The Bertz CT molecular complexity index is 699. The van der Waals surface area contributed by atoms with Gasteiger partial charge in [-0.2, -0.15) is 0 Å². The average molecular weight is 399 g/mol. The zero-order chi connectivity index (χ0) is 20.2. The molecule has 1 N–H and O–H groups in total. The van der Waals surface area contributed by atoms with E-state index in [9.17, 15) is 9.59 Å². The van der Waals surface area contributed by atoms with Crippen molar-refractivity contribution >= 4 is 11.7 Å². The van der Waals surface area contributed by atoms with Crippen LogP contribution >= 0.6 is 0 Å². The molecular weight excluding hydrogens is 364 g/mol. The van der Waals surface area contributed by atoms with Gasteiger partial charge in [-0.05, 0) is 56.6 Å². The quantitative estimate of drug-likeness (QED) is 0.798. The molecular formula is C24H34N2O3. The Morgan fingerprint density at radius 1 is 1.07 bits per heavy atom. The molecule has 0 radical (unpaired) electrons. The SMILES string of the molecule is CC(=O)C1CC2CCCCC2C1NC(=O)CN1CCC(Oc2ccccc2)CC1. The van der Waals surface area contributed by atoms with Gasteiger partial charge in [-0.3, -0.25) is 14.5 Å². The second-order valence-corrected chi connectivity index (χ2v) is 9.16. The van der Waals surface area contributed by atoms with Gasteiger partial charge < -0.3 is 10.1 Å². The molecule has 1 aromatic carbocycles. The van der Waals surface area contributed by atoms with Gasteiger partial charge in [0, 0.05) is 25.0 Å². The van der Waals surface area contributed by atoms with E-state index >= 15 is 0 Å². The maximum atomic E-state index is 12.8. The van der Waals surface area contributed by atoms with Crippen molar-refractivity contribution < 1.29 is 14.3 Å². The number of hydrogen-bond acceptors (Lipinski definition) is 4. The van der Waals surface area contributed by atoms with Gasteiger partial charge in [0.2, 0.25) is 5.91 Å². The molecule has 1 aliphatic heterocycles. The number of nitrogens with zero attached hydrogens (tertiary/aromatic N) is 1. The van der Waals surface area contributed by atoms with Crippen molar-refractivity contribution in [1.82, 2.24) is 10.2 Å². The van der Waals surface area contributed by atoms with Crippen LogP contribution in [0.25, 0.3) is 0 Å². The van der Waals surface area contributed by atoms with Crippen LogP contribution < -0.4 is 10.1 Å². The highest BCUT2D eigenvalue weighted by Crippen LogP contribution is 2.45. The fourth-order valence-corrected chi connectivity index (χ4v) is 5.71. The zero-order valence-corrected chi connectivity index (χ0v) is 17.5. The number of likely N-dealkylation sites (tertiary alicyclic amines) is 1. The fraction of sp³-hybridized carbons (Fsp3) is 0.667. The van der Waals surface area contributed by atoms with Crippen molar-refractivity contribution in [3.63, 3.8) is 0 Å². The molecule has 5 nitrogen and oxygen atoms in total. The van der Waals surface area contributed by atoms with Crippen LogP contribution in [0.2, 0.25) is 0 Å². The van der Waals surface area contributed by atoms with Gasteiger partial charge in [0.1, 0.15) is 17.6 Å². The summed E-state index contributed by atoms with van der Waals surface area (Å²) >= 11 is 0. The Morgan fingerprint density at radius 3 is 2.52 bits per heavy atom. The van der Waals surface area contributed by atoms with E-state index in [1.165, 1.54) is 19.3 Å². The molecule has 1 amide bonds. The summed E-state index contributed by atoms with van der Waals surface area (Å²) in [6.45, 7) is 3.87. The lowest BCUT2D eigenvalue weighted by molar-refractivity contribution is -0.125. The number of ether oxygens (including phenoxy) is 1. The third kappa shape index (κ3) is 5.00. The number of fused-ring (bicyclic) bond motifs is 1. The third-order valence-electron chi connectivity index (χ3n) is 7.22. The van der Waals surface area contributed by atoms with E-state index in [-0.39, 0.29) is 29.8 Å². The van der Waals surface area contributed by atoms with E-state index in [0.29, 0.717) is 18.4 Å². The molecule has 1 saturated heterocycles. The summed E-state index contributed by atoms with van der Waals surface area (Å²) in [5.41, 5.74) is 0. The Kier molecular flexibility index (Phi) is 6.53. The normalized spacial score (nSPS) is 30.5. The van der Waals surface area contributed by atoms with Gasteiger partial charge in [0.05, 0.1) is 6.54 Å². The number of carbonyl (C=O) groups is 2. The van der Waals surface area contributed by atoms with E-state index in [4.69, 9.17) is 4.74 Å². The monoisotopic (exact) mass is 398 g/mol. The first kappa shape index (κ1) is 20.4. The summed E-state index contributed by atoms with van der Waals surface area (Å²) in [5, 5.41) is 3.28. The number of hydrogen-bond donors (Lipinski definition) is 1. The molecule has 1 heterocycles. The zero-order valence-electron chi connectivity index (χ0n) is 17.5. The van der Waals surface area contributed by atoms with Gasteiger partial charge in [0.25, 0.3) is 0 Å². The number of para-hydroxylation sites is 1. The number of nitrogens with one attached hydrogen (secondary N) is 1. The summed E-state index contributed by atoms with van der Waals surface area (Å²) in [4.78, 5) is 27.2. The Labute approximate surface area is 174 Å². The molecule has 0 spiro atoms. The van der Waals surface area contributed by atoms with Crippen LogP contribution in [0.3, 0.4) is 0 Å². The van der Waals surface area contributed by atoms with E-state index < -0.39 is 0 Å². The molecule has 29 heavy (non-hydrogen) atoms. The minimum Gasteiger partial charge on any atom is -0.490 e. The van der Waals surface area contributed by atoms with Gasteiger partial charge in [-0.15, -0.1) is 0 Å². The maximum absolute atomic E-state index is 12.8. The highest BCUT2D eigenvalue weighted by molar-refractivity contribution is 5.82.